The fourth-order valence-electron chi connectivity index (χ4n) is 1.19. The average molecular weight is 308 g/mol. The quantitative estimate of drug-likeness (QED) is 0.454. The Balaban J connectivity index is 2.85. The first-order chi connectivity index (χ1) is 7.11. The number of rotatable bonds is 1. The highest BCUT2D eigenvalue weighted by Crippen LogP contribution is 2.28. The molecule has 0 bridgehead atoms. The second-order valence-corrected chi connectivity index (χ2v) is 4.83. The van der Waals surface area contributed by atoms with Gasteiger partial charge in [-0.2, -0.15) is 0 Å². The zero-order valence-electron chi connectivity index (χ0n) is 7.59. The van der Waals surface area contributed by atoms with Gasteiger partial charge in [-0.3, -0.25) is 0 Å². The monoisotopic (exact) mass is 306 g/mol. The highest BCUT2D eigenvalue weighted by Gasteiger charge is 2.10. The predicted molar refractivity (Wildman–Crippen MR) is 64.0 cm³/mol. The van der Waals surface area contributed by atoms with E-state index in [1.807, 2.05) is 6.26 Å². The number of fused-ring (bicyclic) bond motifs is 1. The van der Waals surface area contributed by atoms with Crippen molar-refractivity contribution < 1.29 is 4.39 Å². The largest absolute Gasteiger partial charge is 0.219 e. The van der Waals surface area contributed by atoms with Crippen LogP contribution >= 0.6 is 39.3 Å². The Morgan fingerprint density at radius 1 is 1.40 bits per heavy atom. The van der Waals surface area contributed by atoms with Gasteiger partial charge in [0.25, 0.3) is 0 Å². The van der Waals surface area contributed by atoms with Crippen molar-refractivity contribution in [3.8, 4) is 0 Å². The summed E-state index contributed by atoms with van der Waals surface area (Å²) in [5.41, 5.74) is 0.252. The summed E-state index contributed by atoms with van der Waals surface area (Å²) < 4.78 is 14.2. The molecule has 1 heterocycles. The Labute approximate surface area is 103 Å². The van der Waals surface area contributed by atoms with Gasteiger partial charge in [0, 0.05) is 9.86 Å². The van der Waals surface area contributed by atoms with E-state index in [4.69, 9.17) is 11.6 Å². The number of aromatic nitrogens is 2. The van der Waals surface area contributed by atoms with Crippen LogP contribution in [0.15, 0.2) is 21.8 Å². The number of nitrogens with zero attached hydrogens (tertiary/aromatic N) is 2. The molecule has 78 valence electrons. The van der Waals surface area contributed by atoms with Crippen molar-refractivity contribution in [2.24, 2.45) is 0 Å². The summed E-state index contributed by atoms with van der Waals surface area (Å²) in [5.74, 6) is -0.404. The SMILES string of the molecule is CSc1nc(Cl)c2cc(Br)cc(F)c2n1. The molecule has 1 aromatic heterocycles. The van der Waals surface area contributed by atoms with Gasteiger partial charge in [-0.15, -0.1) is 0 Å². The smallest absolute Gasteiger partial charge is 0.189 e. The summed E-state index contributed by atoms with van der Waals surface area (Å²) in [6.07, 6.45) is 1.81. The van der Waals surface area contributed by atoms with Gasteiger partial charge >= 0.3 is 0 Å². The minimum atomic E-state index is -0.404. The maximum absolute atomic E-state index is 13.6. The van der Waals surface area contributed by atoms with Crippen molar-refractivity contribution in [1.29, 1.82) is 0 Å². The van der Waals surface area contributed by atoms with Crippen molar-refractivity contribution >= 4 is 50.2 Å². The molecule has 0 fully saturated rings. The number of halogens is 3. The fraction of sp³-hybridized carbons (Fsp3) is 0.111. The van der Waals surface area contributed by atoms with E-state index in [2.05, 4.69) is 25.9 Å². The summed E-state index contributed by atoms with van der Waals surface area (Å²) in [5, 5.41) is 1.25. The average Bonchev–Trinajstić information content (AvgIpc) is 2.19. The lowest BCUT2D eigenvalue weighted by atomic mass is 10.2. The van der Waals surface area contributed by atoms with Gasteiger partial charge in [0.15, 0.2) is 11.0 Å². The Bertz CT molecular complexity index is 535. The van der Waals surface area contributed by atoms with Crippen LogP contribution in [0.4, 0.5) is 4.39 Å². The lowest BCUT2D eigenvalue weighted by Crippen LogP contribution is -1.92. The van der Waals surface area contributed by atoms with Gasteiger partial charge in [0.1, 0.15) is 10.7 Å². The molecule has 2 aromatic rings. The van der Waals surface area contributed by atoms with Crippen LogP contribution in [-0.4, -0.2) is 16.2 Å². The highest BCUT2D eigenvalue weighted by atomic mass is 79.9. The topological polar surface area (TPSA) is 25.8 Å². The normalized spacial score (nSPS) is 10.9. The maximum atomic E-state index is 13.6. The van der Waals surface area contributed by atoms with Gasteiger partial charge < -0.3 is 0 Å². The van der Waals surface area contributed by atoms with E-state index in [9.17, 15) is 4.39 Å². The number of benzene rings is 1. The Morgan fingerprint density at radius 2 is 2.13 bits per heavy atom. The molecule has 0 saturated heterocycles. The van der Waals surface area contributed by atoms with Crippen LogP contribution in [0, 0.1) is 5.82 Å². The van der Waals surface area contributed by atoms with Gasteiger partial charge in [0.2, 0.25) is 0 Å². The van der Waals surface area contributed by atoms with E-state index >= 15 is 0 Å². The molecule has 0 atom stereocenters. The molecule has 1 aromatic carbocycles. The van der Waals surface area contributed by atoms with Crippen LogP contribution in [0.3, 0.4) is 0 Å². The van der Waals surface area contributed by atoms with Crippen LogP contribution in [0.25, 0.3) is 10.9 Å². The first-order valence-corrected chi connectivity index (χ1v) is 6.37. The van der Waals surface area contributed by atoms with Gasteiger partial charge in [-0.25, -0.2) is 14.4 Å². The van der Waals surface area contributed by atoms with Crippen molar-refractivity contribution in [3.05, 3.63) is 27.6 Å². The zero-order valence-corrected chi connectivity index (χ0v) is 10.7. The Hall–Kier alpha value is -0.390. The summed E-state index contributed by atoms with van der Waals surface area (Å²) in [6, 6.07) is 3.06. The van der Waals surface area contributed by atoms with E-state index < -0.39 is 5.82 Å². The molecule has 2 rings (SSSR count). The van der Waals surface area contributed by atoms with Crippen LogP contribution in [0.1, 0.15) is 0 Å². The molecule has 0 spiro atoms. The minimum Gasteiger partial charge on any atom is -0.219 e. The summed E-state index contributed by atoms with van der Waals surface area (Å²) in [7, 11) is 0. The molecular weight excluding hydrogens is 303 g/mol. The van der Waals surface area contributed by atoms with Crippen LogP contribution in [0.5, 0.6) is 0 Å². The van der Waals surface area contributed by atoms with E-state index in [1.54, 1.807) is 6.07 Å². The molecule has 2 nitrogen and oxygen atoms in total. The molecule has 6 heteroatoms. The second kappa shape index (κ2) is 4.23. The van der Waals surface area contributed by atoms with E-state index in [0.717, 1.165) is 0 Å². The molecule has 15 heavy (non-hydrogen) atoms. The Morgan fingerprint density at radius 3 is 2.80 bits per heavy atom. The van der Waals surface area contributed by atoms with E-state index in [-0.39, 0.29) is 10.7 Å². The lowest BCUT2D eigenvalue weighted by molar-refractivity contribution is 0.634. The zero-order chi connectivity index (χ0) is 11.0. The van der Waals surface area contributed by atoms with Crippen molar-refractivity contribution in [2.75, 3.05) is 6.26 Å². The van der Waals surface area contributed by atoms with Crippen molar-refractivity contribution in [2.45, 2.75) is 5.16 Å². The summed E-state index contributed by atoms with van der Waals surface area (Å²) in [4.78, 5) is 8.10. The molecule has 0 unspecified atom stereocenters. The van der Waals surface area contributed by atoms with Crippen LogP contribution in [0.2, 0.25) is 5.15 Å². The van der Waals surface area contributed by atoms with Gasteiger partial charge in [0.05, 0.1) is 0 Å². The minimum absolute atomic E-state index is 0.252. The third-order valence-electron chi connectivity index (χ3n) is 1.83. The lowest BCUT2D eigenvalue weighted by Gasteiger charge is -2.03. The standard InChI is InChI=1S/C9H5BrClFN2S/c1-15-9-13-7-5(8(11)14-9)2-4(10)3-6(7)12/h2-3H,1H3. The first-order valence-electron chi connectivity index (χ1n) is 3.98. The third kappa shape index (κ3) is 2.09. The van der Waals surface area contributed by atoms with Crippen molar-refractivity contribution in [1.82, 2.24) is 9.97 Å². The van der Waals surface area contributed by atoms with E-state index in [1.165, 1.54) is 17.8 Å². The van der Waals surface area contributed by atoms with Crippen LogP contribution < -0.4 is 0 Å². The molecule has 0 N–H and O–H groups in total. The predicted octanol–water partition coefficient (Wildman–Crippen LogP) is 3.91. The van der Waals surface area contributed by atoms with E-state index in [0.29, 0.717) is 15.0 Å². The molecule has 0 aliphatic heterocycles. The van der Waals surface area contributed by atoms with Gasteiger partial charge in [-0.05, 0) is 18.4 Å². The van der Waals surface area contributed by atoms with Crippen LogP contribution in [-0.2, 0) is 0 Å². The number of hydrogen-bond acceptors (Lipinski definition) is 3. The molecule has 0 radical (unpaired) electrons. The number of hydrogen-bond donors (Lipinski definition) is 0. The summed E-state index contributed by atoms with van der Waals surface area (Å²) >= 11 is 10.5. The third-order valence-corrected chi connectivity index (χ3v) is 3.13. The molecule has 0 amide bonds. The molecule has 0 saturated carbocycles. The second-order valence-electron chi connectivity index (χ2n) is 2.78. The molecule has 0 aliphatic rings. The fourth-order valence-corrected chi connectivity index (χ4v) is 2.26. The molecular formula is C9H5BrClFN2S. The van der Waals surface area contributed by atoms with Gasteiger partial charge in [-0.1, -0.05) is 39.3 Å². The summed E-state index contributed by atoms with van der Waals surface area (Å²) in [6.45, 7) is 0. The first kappa shape index (κ1) is 11.1. The maximum Gasteiger partial charge on any atom is 0.189 e. The Kier molecular flexibility index (Phi) is 3.13. The molecule has 0 aliphatic carbocycles. The van der Waals surface area contributed by atoms with Crippen molar-refractivity contribution in [3.63, 3.8) is 0 Å². The number of thioether (sulfide) groups is 1. The highest BCUT2D eigenvalue weighted by molar-refractivity contribution is 9.10.